The molecule has 0 saturated carbocycles. The van der Waals surface area contributed by atoms with Crippen molar-refractivity contribution < 1.29 is 24.3 Å². The molecule has 3 N–H and O–H groups in total. The molecule has 234 valence electrons. The number of carbonyl (C=O) groups is 3. The number of fused-ring (bicyclic) bond motifs is 2. The molecule has 0 bridgehead atoms. The van der Waals surface area contributed by atoms with E-state index >= 15 is 0 Å². The zero-order valence-corrected chi connectivity index (χ0v) is 26.0. The van der Waals surface area contributed by atoms with E-state index < -0.39 is 6.04 Å². The number of rotatable bonds is 13. The number of carbonyl (C=O) groups excluding carboxylic acids is 3. The van der Waals surface area contributed by atoms with Crippen molar-refractivity contribution in [3.8, 4) is 16.9 Å². The molecule has 9 nitrogen and oxygen atoms in total. The predicted molar refractivity (Wildman–Crippen MR) is 178 cm³/mol. The van der Waals surface area contributed by atoms with Crippen molar-refractivity contribution in [2.75, 3.05) is 11.9 Å². The minimum absolute atomic E-state index is 0.194. The van der Waals surface area contributed by atoms with E-state index in [4.69, 9.17) is 9.94 Å². The summed E-state index contributed by atoms with van der Waals surface area (Å²) in [7, 11) is 0. The zero-order chi connectivity index (χ0) is 31.9. The van der Waals surface area contributed by atoms with Gasteiger partial charge in [0.1, 0.15) is 11.8 Å². The first-order valence-electron chi connectivity index (χ1n) is 15.3. The molecule has 6 rings (SSSR count). The largest absolute Gasteiger partial charge is 0.494 e. The van der Waals surface area contributed by atoms with Gasteiger partial charge in [0.05, 0.1) is 6.61 Å². The number of thiazole rings is 1. The Kier molecular flexibility index (Phi) is 9.66. The molecule has 0 fully saturated rings. The number of benzene rings is 4. The van der Waals surface area contributed by atoms with Crippen LogP contribution >= 0.6 is 11.3 Å². The molecule has 2 heterocycles. The van der Waals surface area contributed by atoms with Crippen molar-refractivity contribution >= 4 is 45.0 Å². The van der Waals surface area contributed by atoms with Crippen LogP contribution in [0.3, 0.4) is 0 Å². The Bertz CT molecular complexity index is 1840. The molecule has 1 unspecified atom stereocenters. The van der Waals surface area contributed by atoms with Crippen LogP contribution in [-0.2, 0) is 16.1 Å². The highest BCUT2D eigenvalue weighted by Gasteiger charge is 2.38. The maximum absolute atomic E-state index is 14.0. The maximum atomic E-state index is 14.0. The van der Waals surface area contributed by atoms with Gasteiger partial charge in [-0.1, -0.05) is 79.6 Å². The summed E-state index contributed by atoms with van der Waals surface area (Å²) in [6, 6.07) is 26.5. The number of hydrogen-bond donors (Lipinski definition) is 3. The van der Waals surface area contributed by atoms with Gasteiger partial charge in [0.25, 0.3) is 11.8 Å². The molecule has 10 heteroatoms. The third kappa shape index (κ3) is 6.93. The molecule has 1 aliphatic heterocycles. The summed E-state index contributed by atoms with van der Waals surface area (Å²) in [4.78, 5) is 44.8. The average molecular weight is 635 g/mol. The molecule has 0 spiro atoms. The van der Waals surface area contributed by atoms with E-state index in [0.29, 0.717) is 30.3 Å². The number of nitrogens with one attached hydrogen (secondary N) is 2. The quantitative estimate of drug-likeness (QED) is 0.0720. The fourth-order valence-electron chi connectivity index (χ4n) is 5.84. The zero-order valence-electron chi connectivity index (χ0n) is 25.1. The van der Waals surface area contributed by atoms with Crippen LogP contribution in [0, 0.1) is 0 Å². The smallest absolute Gasteiger partial charge is 0.255 e. The molecule has 1 aliphatic rings. The minimum Gasteiger partial charge on any atom is -0.494 e. The van der Waals surface area contributed by atoms with Crippen LogP contribution in [0.15, 0.2) is 96.5 Å². The van der Waals surface area contributed by atoms with Crippen molar-refractivity contribution in [1.82, 2.24) is 15.4 Å². The Morgan fingerprint density at radius 1 is 0.935 bits per heavy atom. The molecule has 1 aromatic heterocycles. The summed E-state index contributed by atoms with van der Waals surface area (Å²) >= 11 is 1.33. The molecular weight excluding hydrogens is 600 g/mol. The Morgan fingerprint density at radius 3 is 2.52 bits per heavy atom. The lowest BCUT2D eigenvalue weighted by molar-refractivity contribution is -0.129. The second-order valence-electron chi connectivity index (χ2n) is 11.2. The fraction of sp³-hybridized carbons (Fsp3) is 0.222. The van der Waals surface area contributed by atoms with Crippen molar-refractivity contribution in [2.24, 2.45) is 0 Å². The van der Waals surface area contributed by atoms with Gasteiger partial charge in [0.15, 0.2) is 5.13 Å². The minimum atomic E-state index is -0.852. The van der Waals surface area contributed by atoms with E-state index in [-0.39, 0.29) is 17.7 Å². The number of ether oxygens (including phenoxy) is 1. The van der Waals surface area contributed by atoms with E-state index in [1.54, 1.807) is 22.0 Å². The number of amides is 3. The highest BCUT2D eigenvalue weighted by molar-refractivity contribution is 7.13. The van der Waals surface area contributed by atoms with E-state index in [1.807, 2.05) is 84.9 Å². The molecule has 46 heavy (non-hydrogen) atoms. The molecular formula is C36H34N4O5S. The Hall–Kier alpha value is -5.06. The molecule has 0 radical (unpaired) electrons. The van der Waals surface area contributed by atoms with Gasteiger partial charge in [-0.05, 0) is 64.1 Å². The van der Waals surface area contributed by atoms with E-state index in [0.717, 1.165) is 64.5 Å². The van der Waals surface area contributed by atoms with Gasteiger partial charge in [0.2, 0.25) is 5.91 Å². The molecule has 0 aliphatic carbocycles. The van der Waals surface area contributed by atoms with Crippen LogP contribution < -0.4 is 15.5 Å². The summed E-state index contributed by atoms with van der Waals surface area (Å²) in [6.45, 7) is 0.887. The summed E-state index contributed by atoms with van der Waals surface area (Å²) in [5.74, 6) is -0.101. The first-order valence-corrected chi connectivity index (χ1v) is 16.2. The number of nitrogens with zero attached hydrogens (tertiary/aromatic N) is 2. The van der Waals surface area contributed by atoms with Gasteiger partial charge in [-0.25, -0.2) is 10.5 Å². The highest BCUT2D eigenvalue weighted by atomic mass is 32.1. The van der Waals surface area contributed by atoms with E-state index in [1.165, 1.54) is 11.3 Å². The van der Waals surface area contributed by atoms with Crippen LogP contribution in [0.1, 0.15) is 59.6 Å². The van der Waals surface area contributed by atoms with Crippen molar-refractivity contribution in [3.63, 3.8) is 0 Å². The normalized spacial score (nSPS) is 13.0. The topological polar surface area (TPSA) is 121 Å². The second-order valence-corrected chi connectivity index (χ2v) is 12.1. The van der Waals surface area contributed by atoms with E-state index in [2.05, 4.69) is 10.3 Å². The highest BCUT2D eigenvalue weighted by Crippen LogP contribution is 2.37. The molecule has 1 atom stereocenters. The lowest BCUT2D eigenvalue weighted by atomic mass is 9.97. The monoisotopic (exact) mass is 634 g/mol. The first-order chi connectivity index (χ1) is 22.5. The third-order valence-electron chi connectivity index (χ3n) is 8.16. The first kappa shape index (κ1) is 30.9. The number of aromatic nitrogens is 1. The standard InChI is InChI=1S/C36H34N4O5S/c41-32(39-44)12-3-1-2-6-20-45-28-17-15-24(16-18-28)26-13-14-27-23-40(35(43)31(27)22-26)33(34(42)38-36-37-19-21-46-36)30-11-7-9-25-8-4-5-10-29(25)30/h4-5,7-11,13-19,21-22,33,44H,1-3,6,12,20,23H2,(H,39,41)(H,37,38,42). The van der Waals surface area contributed by atoms with Crippen molar-refractivity contribution in [1.29, 1.82) is 0 Å². The van der Waals surface area contributed by atoms with Crippen LogP contribution in [-0.4, -0.2) is 39.4 Å². The number of hydrogen-bond acceptors (Lipinski definition) is 7. The molecule has 3 amide bonds. The number of unbranched alkanes of at least 4 members (excludes halogenated alkanes) is 3. The Labute approximate surface area is 270 Å². The average Bonchev–Trinajstić information content (AvgIpc) is 3.72. The van der Waals surface area contributed by atoms with Gasteiger partial charge >= 0.3 is 0 Å². The summed E-state index contributed by atoms with van der Waals surface area (Å²) in [6.07, 6.45) is 5.38. The molecule has 0 saturated heterocycles. The van der Waals surface area contributed by atoms with Gasteiger partial charge in [0, 0.05) is 30.1 Å². The lowest BCUT2D eigenvalue weighted by Crippen LogP contribution is -2.37. The molecule has 5 aromatic rings. The van der Waals surface area contributed by atoms with Crippen LogP contribution in [0.25, 0.3) is 21.9 Å². The van der Waals surface area contributed by atoms with Crippen LogP contribution in [0.2, 0.25) is 0 Å². The van der Waals surface area contributed by atoms with E-state index in [9.17, 15) is 14.4 Å². The van der Waals surface area contributed by atoms with Crippen molar-refractivity contribution in [3.05, 3.63) is 113 Å². The van der Waals surface area contributed by atoms with Gasteiger partial charge in [-0.15, -0.1) is 11.3 Å². The SMILES string of the molecule is O=C(CCCCCCOc1ccc(-c2ccc3c(c2)C(=O)N(C(C(=O)Nc2nccs2)c2cccc4ccccc24)C3)cc1)NO. The number of anilines is 1. The maximum Gasteiger partial charge on any atom is 0.255 e. The number of hydroxylamine groups is 1. The summed E-state index contributed by atoms with van der Waals surface area (Å²) in [5.41, 5.74) is 5.73. The van der Waals surface area contributed by atoms with Gasteiger partial charge < -0.3 is 9.64 Å². The van der Waals surface area contributed by atoms with Gasteiger partial charge in [-0.3, -0.25) is 24.9 Å². The predicted octanol–water partition coefficient (Wildman–Crippen LogP) is 7.13. The fourth-order valence-corrected chi connectivity index (χ4v) is 6.37. The Balaban J connectivity index is 1.16. The molecule has 4 aromatic carbocycles. The van der Waals surface area contributed by atoms with Crippen molar-refractivity contribution in [2.45, 2.75) is 44.7 Å². The lowest BCUT2D eigenvalue weighted by Gasteiger charge is -2.28. The summed E-state index contributed by atoms with van der Waals surface area (Å²) in [5, 5.41) is 15.7. The second kappa shape index (κ2) is 14.4. The summed E-state index contributed by atoms with van der Waals surface area (Å²) < 4.78 is 5.89. The third-order valence-corrected chi connectivity index (χ3v) is 8.85. The van der Waals surface area contributed by atoms with Gasteiger partial charge in [-0.2, -0.15) is 0 Å². The Morgan fingerprint density at radius 2 is 1.72 bits per heavy atom. The van der Waals surface area contributed by atoms with Crippen LogP contribution in [0.5, 0.6) is 5.75 Å². The van der Waals surface area contributed by atoms with Crippen LogP contribution in [0.4, 0.5) is 5.13 Å².